The number of carbonyl (C=O) groups is 1. The summed E-state index contributed by atoms with van der Waals surface area (Å²) in [6.45, 7) is 0.991. The van der Waals surface area contributed by atoms with Crippen LogP contribution in [0.3, 0.4) is 0 Å². The van der Waals surface area contributed by atoms with Crippen molar-refractivity contribution in [2.45, 2.75) is 12.6 Å². The number of amides is 1. The van der Waals surface area contributed by atoms with Crippen LogP contribution in [0.2, 0.25) is 0 Å². The molecule has 0 bridgehead atoms. The molecule has 0 aliphatic heterocycles. The van der Waals surface area contributed by atoms with Crippen molar-refractivity contribution in [1.29, 1.82) is 0 Å². The topological polar surface area (TPSA) is 84.6 Å². The molecule has 0 aromatic heterocycles. The fourth-order valence-corrected chi connectivity index (χ4v) is 1.47. The number of methoxy groups -OCH3 is 1. The van der Waals surface area contributed by atoms with Gasteiger partial charge in [-0.3, -0.25) is 4.79 Å². The van der Waals surface area contributed by atoms with Gasteiger partial charge >= 0.3 is 0 Å². The number of benzene rings is 1. The molecule has 1 atom stereocenters. The molecule has 1 rings (SSSR count). The van der Waals surface area contributed by atoms with Crippen molar-refractivity contribution in [3.63, 3.8) is 0 Å². The zero-order chi connectivity index (χ0) is 12.7. The average molecular weight is 238 g/mol. The van der Waals surface area contributed by atoms with Crippen molar-refractivity contribution < 1.29 is 14.6 Å². The van der Waals surface area contributed by atoms with E-state index in [9.17, 15) is 4.79 Å². The van der Waals surface area contributed by atoms with E-state index in [0.29, 0.717) is 18.7 Å². The third-order valence-electron chi connectivity index (χ3n) is 2.39. The van der Waals surface area contributed by atoms with Gasteiger partial charge in [0.1, 0.15) is 0 Å². The van der Waals surface area contributed by atoms with Crippen LogP contribution >= 0.6 is 0 Å². The number of nitrogens with one attached hydrogen (secondary N) is 1. The molecule has 0 saturated carbocycles. The molecule has 1 aromatic carbocycles. The van der Waals surface area contributed by atoms with Crippen molar-refractivity contribution in [2.75, 3.05) is 20.3 Å². The first-order chi connectivity index (χ1) is 8.17. The Hall–Kier alpha value is -1.43. The normalized spacial score (nSPS) is 12.4. The second-order valence-electron chi connectivity index (χ2n) is 3.78. The minimum atomic E-state index is -0.442. The van der Waals surface area contributed by atoms with E-state index in [0.717, 1.165) is 5.56 Å². The van der Waals surface area contributed by atoms with Gasteiger partial charge in [0.25, 0.3) is 0 Å². The summed E-state index contributed by atoms with van der Waals surface area (Å²) in [4.78, 5) is 11.0. The lowest BCUT2D eigenvalue weighted by Gasteiger charge is -2.15. The summed E-state index contributed by atoms with van der Waals surface area (Å²) in [5.74, 6) is -0.442. The molecule has 1 unspecified atom stereocenters. The number of ether oxygens (including phenoxy) is 1. The van der Waals surface area contributed by atoms with Crippen LogP contribution in [0.15, 0.2) is 24.3 Å². The van der Waals surface area contributed by atoms with Crippen LogP contribution in [0.1, 0.15) is 15.9 Å². The Bertz CT molecular complexity index is 369. The molecule has 0 heterocycles. The van der Waals surface area contributed by atoms with Crippen LogP contribution in [-0.2, 0) is 11.3 Å². The number of rotatable bonds is 7. The second kappa shape index (κ2) is 7.01. The molecule has 0 spiro atoms. The van der Waals surface area contributed by atoms with Gasteiger partial charge in [0.05, 0.1) is 19.3 Å². The lowest BCUT2D eigenvalue weighted by atomic mass is 10.1. The predicted molar refractivity (Wildman–Crippen MR) is 64.5 cm³/mol. The number of hydrogen-bond donors (Lipinski definition) is 3. The molecule has 1 amide bonds. The summed E-state index contributed by atoms with van der Waals surface area (Å²) >= 11 is 0. The third-order valence-corrected chi connectivity index (χ3v) is 2.39. The van der Waals surface area contributed by atoms with Gasteiger partial charge in [-0.15, -0.1) is 0 Å². The molecule has 0 aliphatic rings. The van der Waals surface area contributed by atoms with E-state index in [4.69, 9.17) is 15.6 Å². The first kappa shape index (κ1) is 13.6. The highest BCUT2D eigenvalue weighted by Crippen LogP contribution is 2.04. The van der Waals surface area contributed by atoms with Gasteiger partial charge in [0.15, 0.2) is 0 Å². The van der Waals surface area contributed by atoms with Crippen LogP contribution in [-0.4, -0.2) is 37.4 Å². The maximum Gasteiger partial charge on any atom is 0.248 e. The van der Waals surface area contributed by atoms with E-state index in [1.807, 2.05) is 6.07 Å². The van der Waals surface area contributed by atoms with Crippen LogP contribution in [0, 0.1) is 0 Å². The molecule has 17 heavy (non-hydrogen) atoms. The molecule has 94 valence electrons. The molecule has 5 heteroatoms. The van der Waals surface area contributed by atoms with Crippen LogP contribution in [0.25, 0.3) is 0 Å². The largest absolute Gasteiger partial charge is 0.395 e. The Labute approximate surface area is 101 Å². The molecule has 0 saturated heterocycles. The van der Waals surface area contributed by atoms with Gasteiger partial charge in [-0.05, 0) is 17.7 Å². The van der Waals surface area contributed by atoms with Gasteiger partial charge < -0.3 is 20.9 Å². The number of nitrogens with two attached hydrogens (primary N) is 1. The lowest BCUT2D eigenvalue weighted by molar-refractivity contribution is 0.1000. The number of primary amides is 1. The van der Waals surface area contributed by atoms with Crippen molar-refractivity contribution in [3.8, 4) is 0 Å². The van der Waals surface area contributed by atoms with Crippen molar-refractivity contribution >= 4 is 5.91 Å². The van der Waals surface area contributed by atoms with Crippen LogP contribution in [0.4, 0.5) is 0 Å². The third kappa shape index (κ3) is 4.52. The summed E-state index contributed by atoms with van der Waals surface area (Å²) in [6.07, 6.45) is 0. The maximum atomic E-state index is 11.0. The van der Waals surface area contributed by atoms with Crippen molar-refractivity contribution in [2.24, 2.45) is 5.73 Å². The van der Waals surface area contributed by atoms with E-state index >= 15 is 0 Å². The zero-order valence-electron chi connectivity index (χ0n) is 9.85. The molecule has 0 radical (unpaired) electrons. The van der Waals surface area contributed by atoms with E-state index in [-0.39, 0.29) is 12.6 Å². The van der Waals surface area contributed by atoms with Gasteiger partial charge in [0.2, 0.25) is 5.91 Å². The predicted octanol–water partition coefficient (Wildman–Crippen LogP) is -0.118. The molecule has 0 aliphatic carbocycles. The summed E-state index contributed by atoms with van der Waals surface area (Å²) in [5.41, 5.74) is 6.62. The molecule has 0 fully saturated rings. The van der Waals surface area contributed by atoms with Crippen molar-refractivity contribution in [3.05, 3.63) is 35.4 Å². The summed E-state index contributed by atoms with van der Waals surface area (Å²) in [5, 5.41) is 12.2. The highest BCUT2D eigenvalue weighted by atomic mass is 16.5. The highest BCUT2D eigenvalue weighted by Gasteiger charge is 2.06. The fourth-order valence-electron chi connectivity index (χ4n) is 1.47. The smallest absolute Gasteiger partial charge is 0.248 e. The monoisotopic (exact) mass is 238 g/mol. The summed E-state index contributed by atoms with van der Waals surface area (Å²) in [6, 6.07) is 6.96. The Morgan fingerprint density at radius 3 is 2.94 bits per heavy atom. The van der Waals surface area contributed by atoms with Gasteiger partial charge in [-0.25, -0.2) is 0 Å². The Kier molecular flexibility index (Phi) is 5.62. The zero-order valence-corrected chi connectivity index (χ0v) is 9.85. The first-order valence-electron chi connectivity index (χ1n) is 5.39. The highest BCUT2D eigenvalue weighted by molar-refractivity contribution is 5.92. The molecular weight excluding hydrogens is 220 g/mol. The quantitative estimate of drug-likeness (QED) is 0.618. The molecule has 4 N–H and O–H groups in total. The summed E-state index contributed by atoms with van der Waals surface area (Å²) in [7, 11) is 1.58. The minimum Gasteiger partial charge on any atom is -0.395 e. The van der Waals surface area contributed by atoms with Gasteiger partial charge in [-0.2, -0.15) is 0 Å². The van der Waals surface area contributed by atoms with Crippen LogP contribution < -0.4 is 11.1 Å². The van der Waals surface area contributed by atoms with Gasteiger partial charge in [0, 0.05) is 19.2 Å². The standard InChI is InChI=1S/C12H18N2O3/c1-17-8-11(7-15)14-6-9-3-2-4-10(5-9)12(13)16/h2-5,11,14-15H,6-8H2,1H3,(H2,13,16). The molecule has 1 aromatic rings. The fraction of sp³-hybridized carbons (Fsp3) is 0.417. The van der Waals surface area contributed by atoms with Crippen molar-refractivity contribution in [1.82, 2.24) is 5.32 Å². The van der Waals surface area contributed by atoms with Crippen LogP contribution in [0.5, 0.6) is 0 Å². The molecule has 5 nitrogen and oxygen atoms in total. The van der Waals surface area contributed by atoms with E-state index in [1.165, 1.54) is 0 Å². The maximum absolute atomic E-state index is 11.0. The van der Waals surface area contributed by atoms with E-state index in [1.54, 1.807) is 25.3 Å². The average Bonchev–Trinajstić information content (AvgIpc) is 2.34. The molecular formula is C12H18N2O3. The van der Waals surface area contributed by atoms with Gasteiger partial charge in [-0.1, -0.05) is 12.1 Å². The lowest BCUT2D eigenvalue weighted by Crippen LogP contribution is -2.35. The van der Waals surface area contributed by atoms with E-state index < -0.39 is 5.91 Å². The minimum absolute atomic E-state index is 0.00332. The summed E-state index contributed by atoms with van der Waals surface area (Å²) < 4.78 is 4.95. The van der Waals surface area contributed by atoms with E-state index in [2.05, 4.69) is 5.32 Å². The Morgan fingerprint density at radius 1 is 1.59 bits per heavy atom. The number of hydrogen-bond acceptors (Lipinski definition) is 4. The Balaban J connectivity index is 2.56. The number of aliphatic hydroxyl groups is 1. The number of carbonyl (C=O) groups excluding carboxylic acids is 1. The SMILES string of the molecule is COCC(CO)NCc1cccc(C(N)=O)c1. The Morgan fingerprint density at radius 2 is 2.35 bits per heavy atom. The number of aliphatic hydroxyl groups excluding tert-OH is 1. The first-order valence-corrected chi connectivity index (χ1v) is 5.39. The second-order valence-corrected chi connectivity index (χ2v) is 3.78.